The summed E-state index contributed by atoms with van der Waals surface area (Å²) in [5, 5.41) is 14.0. The van der Waals surface area contributed by atoms with Gasteiger partial charge in [-0.15, -0.1) is 0 Å². The number of ether oxygens (including phenoxy) is 1. The molecule has 2 fully saturated rings. The van der Waals surface area contributed by atoms with E-state index in [9.17, 15) is 5.11 Å². The third kappa shape index (κ3) is 4.29. The normalized spacial score (nSPS) is 27.8. The van der Waals surface area contributed by atoms with Crippen LogP contribution in [0.15, 0.2) is 24.3 Å². The van der Waals surface area contributed by atoms with Gasteiger partial charge in [0.2, 0.25) is 0 Å². The van der Waals surface area contributed by atoms with Crippen LogP contribution in [0.25, 0.3) is 0 Å². The zero-order chi connectivity index (χ0) is 16.9. The second-order valence-electron chi connectivity index (χ2n) is 7.39. The molecule has 0 amide bonds. The molecule has 3 rings (SSSR count). The SMILES string of the molecule is COc1ccc([C@H](C)NC2CCN([C@H]3CCCC[C@H]3O)CC2)cc1. The molecule has 24 heavy (non-hydrogen) atoms. The molecular formula is C20H32N2O2. The largest absolute Gasteiger partial charge is 0.497 e. The lowest BCUT2D eigenvalue weighted by atomic mass is 9.89. The quantitative estimate of drug-likeness (QED) is 0.870. The van der Waals surface area contributed by atoms with Crippen molar-refractivity contribution < 1.29 is 9.84 Å². The molecule has 0 radical (unpaired) electrons. The summed E-state index contributed by atoms with van der Waals surface area (Å²) in [4.78, 5) is 2.53. The number of nitrogens with zero attached hydrogens (tertiary/aromatic N) is 1. The lowest BCUT2D eigenvalue weighted by molar-refractivity contribution is 0.00671. The van der Waals surface area contributed by atoms with Crippen LogP contribution in [0.5, 0.6) is 5.75 Å². The van der Waals surface area contributed by atoms with Gasteiger partial charge in [0, 0.05) is 31.2 Å². The molecule has 1 heterocycles. The van der Waals surface area contributed by atoms with Crippen molar-refractivity contribution >= 4 is 0 Å². The average Bonchev–Trinajstić information content (AvgIpc) is 2.63. The number of aliphatic hydroxyl groups excluding tert-OH is 1. The summed E-state index contributed by atoms with van der Waals surface area (Å²) in [5.74, 6) is 0.908. The minimum absolute atomic E-state index is 0.110. The van der Waals surface area contributed by atoms with Crippen molar-refractivity contribution in [2.24, 2.45) is 0 Å². The summed E-state index contributed by atoms with van der Waals surface area (Å²) in [7, 11) is 1.70. The maximum Gasteiger partial charge on any atom is 0.118 e. The Hall–Kier alpha value is -1.10. The second-order valence-corrected chi connectivity index (χ2v) is 7.39. The molecule has 0 aromatic heterocycles. The first-order valence-corrected chi connectivity index (χ1v) is 9.49. The van der Waals surface area contributed by atoms with Crippen molar-refractivity contribution in [2.45, 2.75) is 69.7 Å². The van der Waals surface area contributed by atoms with E-state index in [0.717, 1.165) is 25.3 Å². The zero-order valence-corrected chi connectivity index (χ0v) is 15.1. The van der Waals surface area contributed by atoms with Crippen LogP contribution in [0, 0.1) is 0 Å². The fraction of sp³-hybridized carbons (Fsp3) is 0.700. The van der Waals surface area contributed by atoms with Gasteiger partial charge in [0.25, 0.3) is 0 Å². The summed E-state index contributed by atoms with van der Waals surface area (Å²) in [5.41, 5.74) is 1.31. The minimum Gasteiger partial charge on any atom is -0.497 e. The van der Waals surface area contributed by atoms with E-state index in [1.54, 1.807) is 7.11 Å². The van der Waals surface area contributed by atoms with Gasteiger partial charge in [-0.3, -0.25) is 4.90 Å². The van der Waals surface area contributed by atoms with Crippen LogP contribution in [-0.4, -0.2) is 48.4 Å². The Morgan fingerprint density at radius 2 is 1.75 bits per heavy atom. The van der Waals surface area contributed by atoms with Crippen LogP contribution in [-0.2, 0) is 0 Å². The van der Waals surface area contributed by atoms with Crippen molar-refractivity contribution in [3.8, 4) is 5.75 Å². The van der Waals surface area contributed by atoms with Crippen LogP contribution < -0.4 is 10.1 Å². The molecule has 2 aliphatic rings. The molecule has 2 N–H and O–H groups in total. The number of nitrogens with one attached hydrogen (secondary N) is 1. The monoisotopic (exact) mass is 332 g/mol. The maximum absolute atomic E-state index is 10.3. The van der Waals surface area contributed by atoms with Crippen molar-refractivity contribution in [2.75, 3.05) is 20.2 Å². The van der Waals surface area contributed by atoms with Gasteiger partial charge < -0.3 is 15.2 Å². The van der Waals surface area contributed by atoms with Gasteiger partial charge >= 0.3 is 0 Å². The summed E-state index contributed by atoms with van der Waals surface area (Å²) < 4.78 is 5.23. The highest BCUT2D eigenvalue weighted by Gasteiger charge is 2.31. The molecule has 0 unspecified atom stereocenters. The Balaban J connectivity index is 1.47. The van der Waals surface area contributed by atoms with Crippen molar-refractivity contribution in [3.05, 3.63) is 29.8 Å². The number of piperidine rings is 1. The Morgan fingerprint density at radius 1 is 1.08 bits per heavy atom. The molecule has 1 aliphatic carbocycles. The highest BCUT2D eigenvalue weighted by molar-refractivity contribution is 5.28. The molecule has 1 saturated heterocycles. The Morgan fingerprint density at radius 3 is 2.38 bits per heavy atom. The third-order valence-corrected chi connectivity index (χ3v) is 5.79. The molecule has 1 aromatic carbocycles. The zero-order valence-electron chi connectivity index (χ0n) is 15.1. The van der Waals surface area contributed by atoms with Gasteiger partial charge in [-0.1, -0.05) is 25.0 Å². The number of rotatable bonds is 5. The molecule has 1 aromatic rings. The Bertz CT molecular complexity index is 497. The number of benzene rings is 1. The number of hydrogen-bond acceptors (Lipinski definition) is 4. The molecule has 4 nitrogen and oxygen atoms in total. The van der Waals surface area contributed by atoms with Gasteiger partial charge in [0.05, 0.1) is 13.2 Å². The fourth-order valence-corrected chi connectivity index (χ4v) is 4.26. The summed E-state index contributed by atoms with van der Waals surface area (Å²) >= 11 is 0. The molecule has 4 heteroatoms. The molecule has 0 spiro atoms. The van der Waals surface area contributed by atoms with E-state index in [0.29, 0.717) is 18.1 Å². The van der Waals surface area contributed by atoms with Gasteiger partial charge in [0.1, 0.15) is 5.75 Å². The van der Waals surface area contributed by atoms with Crippen LogP contribution >= 0.6 is 0 Å². The molecule has 1 saturated carbocycles. The lowest BCUT2D eigenvalue weighted by Gasteiger charge is -2.42. The first-order chi connectivity index (χ1) is 11.7. The highest BCUT2D eigenvalue weighted by Crippen LogP contribution is 2.26. The molecule has 134 valence electrons. The lowest BCUT2D eigenvalue weighted by Crippen LogP contribution is -2.51. The van der Waals surface area contributed by atoms with Gasteiger partial charge in [-0.25, -0.2) is 0 Å². The van der Waals surface area contributed by atoms with E-state index >= 15 is 0 Å². The van der Waals surface area contributed by atoms with E-state index < -0.39 is 0 Å². The van der Waals surface area contributed by atoms with Crippen LogP contribution in [0.1, 0.15) is 57.1 Å². The van der Waals surface area contributed by atoms with Crippen molar-refractivity contribution in [1.82, 2.24) is 10.2 Å². The molecule has 3 atom stereocenters. The smallest absolute Gasteiger partial charge is 0.118 e. The van der Waals surface area contributed by atoms with E-state index in [-0.39, 0.29) is 6.10 Å². The van der Waals surface area contributed by atoms with Crippen LogP contribution in [0.4, 0.5) is 0 Å². The summed E-state index contributed by atoms with van der Waals surface area (Å²) in [6.07, 6.45) is 6.84. The fourth-order valence-electron chi connectivity index (χ4n) is 4.26. The van der Waals surface area contributed by atoms with Gasteiger partial charge in [-0.05, 0) is 50.3 Å². The maximum atomic E-state index is 10.3. The predicted octanol–water partition coefficient (Wildman–Crippen LogP) is 3.11. The van der Waals surface area contributed by atoms with Crippen molar-refractivity contribution in [1.29, 1.82) is 0 Å². The Labute approximate surface area is 146 Å². The van der Waals surface area contributed by atoms with Crippen LogP contribution in [0.2, 0.25) is 0 Å². The standard InChI is InChI=1S/C20H32N2O2/c1-15(16-7-9-18(24-2)10-8-16)21-17-11-13-22(14-12-17)19-5-3-4-6-20(19)23/h7-10,15,17,19-21,23H,3-6,11-14H2,1-2H3/t15-,19-,20+/m0/s1. The topological polar surface area (TPSA) is 44.7 Å². The van der Waals surface area contributed by atoms with Crippen LogP contribution in [0.3, 0.4) is 0 Å². The number of methoxy groups -OCH3 is 1. The third-order valence-electron chi connectivity index (χ3n) is 5.79. The molecule has 1 aliphatic heterocycles. The van der Waals surface area contributed by atoms with Gasteiger partial charge in [0.15, 0.2) is 0 Å². The first-order valence-electron chi connectivity index (χ1n) is 9.49. The molecule has 0 bridgehead atoms. The van der Waals surface area contributed by atoms with Crippen molar-refractivity contribution in [3.63, 3.8) is 0 Å². The van der Waals surface area contributed by atoms with E-state index in [2.05, 4.69) is 29.3 Å². The summed E-state index contributed by atoms with van der Waals surface area (Å²) in [6.45, 7) is 4.45. The predicted molar refractivity (Wildman–Crippen MR) is 97.4 cm³/mol. The van der Waals surface area contributed by atoms with E-state index in [1.807, 2.05) is 12.1 Å². The minimum atomic E-state index is -0.110. The number of hydrogen-bond donors (Lipinski definition) is 2. The second kappa shape index (κ2) is 8.32. The Kier molecular flexibility index (Phi) is 6.14. The van der Waals surface area contributed by atoms with Gasteiger partial charge in [-0.2, -0.15) is 0 Å². The average molecular weight is 332 g/mol. The van der Waals surface area contributed by atoms with E-state index in [4.69, 9.17) is 4.74 Å². The number of aliphatic hydroxyl groups is 1. The highest BCUT2D eigenvalue weighted by atomic mass is 16.5. The number of likely N-dealkylation sites (tertiary alicyclic amines) is 1. The first kappa shape index (κ1) is 17.7. The summed E-state index contributed by atoms with van der Waals surface area (Å²) in [6, 6.07) is 9.67. The molecular weight excluding hydrogens is 300 g/mol. The van der Waals surface area contributed by atoms with E-state index in [1.165, 1.54) is 37.7 Å².